The smallest absolute Gasteiger partial charge is 0.228 e. The summed E-state index contributed by atoms with van der Waals surface area (Å²) in [4.78, 5) is 18.6. The van der Waals surface area contributed by atoms with Crippen LogP contribution in [0, 0.1) is 11.6 Å². The maximum Gasteiger partial charge on any atom is 0.228 e. The van der Waals surface area contributed by atoms with Crippen LogP contribution in [0.4, 0.5) is 8.78 Å². The van der Waals surface area contributed by atoms with Gasteiger partial charge in [0.2, 0.25) is 5.91 Å². The fraction of sp³-hybridized carbons (Fsp3) is 0.200. The highest BCUT2D eigenvalue weighted by Crippen LogP contribution is 2.30. The lowest BCUT2D eigenvalue weighted by Crippen LogP contribution is -2.31. The minimum absolute atomic E-state index is 0.117. The van der Waals surface area contributed by atoms with Crippen LogP contribution in [-0.4, -0.2) is 22.8 Å². The molecule has 1 unspecified atom stereocenters. The van der Waals surface area contributed by atoms with Crippen molar-refractivity contribution < 1.29 is 13.6 Å². The van der Waals surface area contributed by atoms with Crippen molar-refractivity contribution in [1.29, 1.82) is 0 Å². The number of benzene rings is 2. The van der Waals surface area contributed by atoms with E-state index in [0.29, 0.717) is 16.3 Å². The third-order valence-electron chi connectivity index (χ3n) is 4.39. The Morgan fingerprint density at radius 2 is 1.96 bits per heavy atom. The van der Waals surface area contributed by atoms with Crippen molar-refractivity contribution in [2.24, 2.45) is 0 Å². The lowest BCUT2D eigenvalue weighted by molar-refractivity contribution is -0.131. The molecule has 0 saturated carbocycles. The van der Waals surface area contributed by atoms with E-state index < -0.39 is 17.7 Å². The molecule has 0 N–H and O–H groups in total. The summed E-state index contributed by atoms with van der Waals surface area (Å²) in [6.07, 6.45) is 0.117. The number of hydrogen-bond acceptors (Lipinski definition) is 3. The van der Waals surface area contributed by atoms with Gasteiger partial charge in [0.25, 0.3) is 0 Å². The first-order valence-electron chi connectivity index (χ1n) is 8.26. The molecule has 0 bridgehead atoms. The van der Waals surface area contributed by atoms with Crippen LogP contribution in [0.5, 0.6) is 0 Å². The summed E-state index contributed by atoms with van der Waals surface area (Å²) in [6, 6.07) is 10.7. The van der Waals surface area contributed by atoms with E-state index >= 15 is 0 Å². The number of aromatic nitrogens is 1. The third-order valence-corrected chi connectivity index (χ3v) is 5.64. The highest BCUT2D eigenvalue weighted by Gasteiger charge is 2.20. The van der Waals surface area contributed by atoms with Crippen LogP contribution < -0.4 is 0 Å². The van der Waals surface area contributed by atoms with Gasteiger partial charge in [-0.3, -0.25) is 4.79 Å². The first kappa shape index (κ1) is 19.5. The number of nitrogens with zero attached hydrogens (tertiary/aromatic N) is 2. The molecule has 3 nitrogen and oxygen atoms in total. The van der Waals surface area contributed by atoms with Crippen LogP contribution in [-0.2, 0) is 11.2 Å². The van der Waals surface area contributed by atoms with Crippen molar-refractivity contribution in [3.63, 3.8) is 0 Å². The summed E-state index contributed by atoms with van der Waals surface area (Å²) in [5.74, 6) is -2.00. The van der Waals surface area contributed by atoms with E-state index in [1.54, 1.807) is 20.0 Å². The average molecular weight is 407 g/mol. The SMILES string of the molecule is CC(c1ccc(F)c(F)c1)N(C)C(=O)Cc1csc(-c2ccccc2Cl)n1. The Morgan fingerprint density at radius 1 is 1.22 bits per heavy atom. The number of rotatable bonds is 5. The Labute approximate surface area is 165 Å². The van der Waals surface area contributed by atoms with Crippen LogP contribution in [0.1, 0.15) is 24.2 Å². The Morgan fingerprint density at radius 3 is 2.67 bits per heavy atom. The molecular weight excluding hydrogens is 390 g/mol. The molecule has 1 amide bonds. The van der Waals surface area contributed by atoms with Gasteiger partial charge in [-0.2, -0.15) is 0 Å². The normalized spacial score (nSPS) is 12.0. The zero-order valence-corrected chi connectivity index (χ0v) is 16.3. The Hall–Kier alpha value is -2.31. The molecular formula is C20H17ClF2N2OS. The van der Waals surface area contributed by atoms with Gasteiger partial charge in [0.1, 0.15) is 5.01 Å². The second kappa shape index (κ2) is 8.15. The predicted octanol–water partition coefficient (Wildman–Crippen LogP) is 5.50. The summed E-state index contributed by atoms with van der Waals surface area (Å²) in [7, 11) is 1.63. The number of halogens is 3. The molecule has 0 spiro atoms. The van der Waals surface area contributed by atoms with Gasteiger partial charge in [-0.25, -0.2) is 13.8 Å². The van der Waals surface area contributed by atoms with Crippen LogP contribution in [0.25, 0.3) is 10.6 Å². The monoisotopic (exact) mass is 406 g/mol. The molecule has 3 aromatic rings. The van der Waals surface area contributed by atoms with E-state index in [-0.39, 0.29) is 12.3 Å². The van der Waals surface area contributed by atoms with Crippen LogP contribution in [0.2, 0.25) is 5.02 Å². The number of carbonyl (C=O) groups is 1. The number of likely N-dealkylation sites (N-methyl/N-ethyl adjacent to an activating group) is 1. The molecule has 7 heteroatoms. The average Bonchev–Trinajstić information content (AvgIpc) is 3.11. The maximum atomic E-state index is 13.4. The van der Waals surface area contributed by atoms with Crippen molar-refractivity contribution in [3.05, 3.63) is 75.8 Å². The lowest BCUT2D eigenvalue weighted by Gasteiger charge is -2.25. The molecule has 1 heterocycles. The maximum absolute atomic E-state index is 13.4. The molecule has 2 aromatic carbocycles. The van der Waals surface area contributed by atoms with E-state index in [1.165, 1.54) is 22.3 Å². The van der Waals surface area contributed by atoms with Crippen molar-refractivity contribution in [1.82, 2.24) is 9.88 Å². The summed E-state index contributed by atoms with van der Waals surface area (Å²) in [6.45, 7) is 1.76. The summed E-state index contributed by atoms with van der Waals surface area (Å²) in [5.41, 5.74) is 2.00. The fourth-order valence-electron chi connectivity index (χ4n) is 2.64. The number of carbonyl (C=O) groups excluding carboxylic acids is 1. The summed E-state index contributed by atoms with van der Waals surface area (Å²) < 4.78 is 26.6. The van der Waals surface area contributed by atoms with Gasteiger partial charge in [0.05, 0.1) is 23.2 Å². The fourth-order valence-corrected chi connectivity index (χ4v) is 3.78. The quantitative estimate of drug-likeness (QED) is 0.560. The van der Waals surface area contributed by atoms with Crippen LogP contribution in [0.3, 0.4) is 0 Å². The molecule has 0 fully saturated rings. The standard InChI is InChI=1S/C20H17ClF2N2OS/c1-12(13-7-8-17(22)18(23)9-13)25(2)19(26)10-14-11-27-20(24-14)15-5-3-4-6-16(15)21/h3-9,11-12H,10H2,1-2H3. The molecule has 0 aliphatic heterocycles. The van der Waals surface area contributed by atoms with Crippen molar-refractivity contribution >= 4 is 28.8 Å². The largest absolute Gasteiger partial charge is 0.339 e. The van der Waals surface area contributed by atoms with E-state index in [9.17, 15) is 13.6 Å². The van der Waals surface area contributed by atoms with E-state index in [1.807, 2.05) is 23.6 Å². The number of hydrogen-bond donors (Lipinski definition) is 0. The van der Waals surface area contributed by atoms with Crippen molar-refractivity contribution in [2.45, 2.75) is 19.4 Å². The zero-order valence-electron chi connectivity index (χ0n) is 14.7. The molecule has 0 aliphatic rings. The van der Waals surface area contributed by atoms with E-state index in [4.69, 9.17) is 11.6 Å². The molecule has 3 rings (SSSR count). The molecule has 0 saturated heterocycles. The molecule has 1 atom stereocenters. The van der Waals surface area contributed by atoms with Gasteiger partial charge in [-0.15, -0.1) is 11.3 Å². The predicted molar refractivity (Wildman–Crippen MR) is 104 cm³/mol. The summed E-state index contributed by atoms with van der Waals surface area (Å²) in [5, 5.41) is 3.18. The van der Waals surface area contributed by atoms with E-state index in [2.05, 4.69) is 4.98 Å². The van der Waals surface area contributed by atoms with Gasteiger partial charge in [0, 0.05) is 18.0 Å². The number of amides is 1. The first-order valence-corrected chi connectivity index (χ1v) is 9.52. The summed E-state index contributed by atoms with van der Waals surface area (Å²) >= 11 is 7.61. The van der Waals surface area contributed by atoms with Crippen molar-refractivity contribution in [2.75, 3.05) is 7.05 Å². The van der Waals surface area contributed by atoms with E-state index in [0.717, 1.165) is 22.7 Å². The van der Waals surface area contributed by atoms with Crippen LogP contribution in [0.15, 0.2) is 47.8 Å². The first-order chi connectivity index (χ1) is 12.9. The second-order valence-electron chi connectivity index (χ2n) is 6.15. The number of thiazole rings is 1. The molecule has 0 radical (unpaired) electrons. The third kappa shape index (κ3) is 4.34. The topological polar surface area (TPSA) is 33.2 Å². The molecule has 27 heavy (non-hydrogen) atoms. The highest BCUT2D eigenvalue weighted by atomic mass is 35.5. The molecule has 140 valence electrons. The minimum Gasteiger partial charge on any atom is -0.339 e. The van der Waals surface area contributed by atoms with Crippen molar-refractivity contribution in [3.8, 4) is 10.6 Å². The highest BCUT2D eigenvalue weighted by molar-refractivity contribution is 7.13. The van der Waals surface area contributed by atoms with Gasteiger partial charge in [-0.1, -0.05) is 35.9 Å². The Balaban J connectivity index is 1.71. The molecule has 1 aromatic heterocycles. The zero-order chi connectivity index (χ0) is 19.6. The van der Waals surface area contributed by atoms with Gasteiger partial charge in [0.15, 0.2) is 11.6 Å². The Kier molecular flexibility index (Phi) is 5.87. The van der Waals surface area contributed by atoms with Gasteiger partial charge in [-0.05, 0) is 30.7 Å². The van der Waals surface area contributed by atoms with Gasteiger partial charge < -0.3 is 4.90 Å². The van der Waals surface area contributed by atoms with Gasteiger partial charge >= 0.3 is 0 Å². The minimum atomic E-state index is -0.927. The van der Waals surface area contributed by atoms with Crippen LogP contribution >= 0.6 is 22.9 Å². The molecule has 0 aliphatic carbocycles. The lowest BCUT2D eigenvalue weighted by atomic mass is 10.1. The Bertz CT molecular complexity index is 976. The second-order valence-corrected chi connectivity index (χ2v) is 7.42.